The van der Waals surface area contributed by atoms with Crippen LogP contribution < -0.4 is 10.9 Å². The van der Waals surface area contributed by atoms with Gasteiger partial charge in [0.2, 0.25) is 0 Å². The number of hydrogen-bond donors (Lipinski definition) is 2. The molecule has 2 nitrogen and oxygen atoms in total. The zero-order valence-electron chi connectivity index (χ0n) is 11.4. The van der Waals surface area contributed by atoms with E-state index in [1.54, 1.807) is 0 Å². The zero-order chi connectivity index (χ0) is 13.5. The van der Waals surface area contributed by atoms with Crippen molar-refractivity contribution < 1.29 is 0 Å². The summed E-state index contributed by atoms with van der Waals surface area (Å²) >= 11 is 6.63. The third-order valence-corrected chi connectivity index (χ3v) is 5.35. The van der Waals surface area contributed by atoms with E-state index in [0.29, 0.717) is 18.0 Å². The minimum absolute atomic E-state index is 0.264. The molecule has 2 aromatic rings. The van der Waals surface area contributed by atoms with Crippen LogP contribution in [0.4, 0.5) is 0 Å². The molecule has 2 aromatic carbocycles. The lowest BCUT2D eigenvalue weighted by molar-refractivity contribution is 0.314. The van der Waals surface area contributed by atoms with Crippen LogP contribution in [0.25, 0.3) is 10.8 Å². The average molecular weight is 287 g/mol. The number of benzene rings is 2. The van der Waals surface area contributed by atoms with Crippen molar-refractivity contribution in [2.45, 2.75) is 36.7 Å². The molecule has 0 spiro atoms. The van der Waals surface area contributed by atoms with Gasteiger partial charge in [-0.15, -0.1) is 11.6 Å². The number of alkyl halides is 1. The maximum atomic E-state index is 6.63. The van der Waals surface area contributed by atoms with Gasteiger partial charge < -0.3 is 0 Å². The Bertz CT molecular complexity index is 622. The van der Waals surface area contributed by atoms with E-state index in [2.05, 4.69) is 53.3 Å². The van der Waals surface area contributed by atoms with E-state index in [1.165, 1.54) is 29.2 Å². The number of halogens is 1. The van der Waals surface area contributed by atoms with Crippen LogP contribution in [0, 0.1) is 5.92 Å². The predicted octanol–water partition coefficient (Wildman–Crippen LogP) is 3.76. The van der Waals surface area contributed by atoms with Gasteiger partial charge in [-0.2, -0.15) is 0 Å². The minimum Gasteiger partial charge on any atom is -0.254 e. The largest absolute Gasteiger partial charge is 0.254 e. The summed E-state index contributed by atoms with van der Waals surface area (Å²) in [4.78, 5) is 0. The lowest BCUT2D eigenvalue weighted by Gasteiger charge is -2.32. The van der Waals surface area contributed by atoms with Crippen molar-refractivity contribution in [1.82, 2.24) is 10.9 Å². The van der Waals surface area contributed by atoms with E-state index in [1.807, 2.05) is 0 Å². The highest BCUT2D eigenvalue weighted by Crippen LogP contribution is 2.42. The molecule has 2 aliphatic rings. The van der Waals surface area contributed by atoms with E-state index in [0.717, 1.165) is 6.42 Å². The molecule has 4 atom stereocenters. The highest BCUT2D eigenvalue weighted by atomic mass is 35.5. The Balaban J connectivity index is 1.79. The van der Waals surface area contributed by atoms with Crippen molar-refractivity contribution in [3.05, 3.63) is 48.0 Å². The second-order valence-corrected chi connectivity index (χ2v) is 6.53. The van der Waals surface area contributed by atoms with Crippen LogP contribution in [0.5, 0.6) is 0 Å². The molecule has 1 heterocycles. The molecule has 1 aliphatic heterocycles. The topological polar surface area (TPSA) is 24.1 Å². The highest BCUT2D eigenvalue weighted by Gasteiger charge is 2.43. The Morgan fingerprint density at radius 1 is 0.950 bits per heavy atom. The fourth-order valence-corrected chi connectivity index (χ4v) is 4.35. The molecular weight excluding hydrogens is 268 g/mol. The Kier molecular flexibility index (Phi) is 3.18. The van der Waals surface area contributed by atoms with Crippen molar-refractivity contribution in [2.75, 3.05) is 0 Å². The monoisotopic (exact) mass is 286 g/mol. The smallest absolute Gasteiger partial charge is 0.0526 e. The lowest BCUT2D eigenvalue weighted by atomic mass is 9.78. The summed E-state index contributed by atoms with van der Waals surface area (Å²) in [6, 6.07) is 16.0. The molecular formula is C17H19ClN2. The minimum atomic E-state index is 0.264. The third-order valence-electron chi connectivity index (χ3n) is 4.84. The highest BCUT2D eigenvalue weighted by molar-refractivity contribution is 6.21. The Hall–Kier alpha value is -1.09. The molecule has 0 bridgehead atoms. The van der Waals surface area contributed by atoms with Gasteiger partial charge in [-0.1, -0.05) is 48.9 Å². The van der Waals surface area contributed by atoms with Crippen LogP contribution >= 0.6 is 11.6 Å². The summed E-state index contributed by atoms with van der Waals surface area (Å²) in [5.74, 6) is 0.483. The van der Waals surface area contributed by atoms with Gasteiger partial charge in [-0.25, -0.2) is 5.43 Å². The van der Waals surface area contributed by atoms with E-state index >= 15 is 0 Å². The summed E-state index contributed by atoms with van der Waals surface area (Å²) in [5.41, 5.74) is 8.34. The van der Waals surface area contributed by atoms with Gasteiger partial charge in [-0.05, 0) is 29.2 Å². The first-order valence-corrected chi connectivity index (χ1v) is 7.91. The second kappa shape index (κ2) is 5.03. The first-order chi connectivity index (χ1) is 9.84. The maximum Gasteiger partial charge on any atom is 0.0526 e. The maximum absolute atomic E-state index is 6.63. The third kappa shape index (κ3) is 1.95. The number of nitrogens with one attached hydrogen (secondary N) is 2. The molecule has 4 rings (SSSR count). The standard InChI is InChI=1S/C17H19ClN2/c18-14-9-4-10-15-16(14)17(20-19-15)13-8-3-6-11-5-1-2-7-12(11)13/h1-3,5-8,14-17,19-20H,4,9-10H2. The zero-order valence-corrected chi connectivity index (χ0v) is 12.1. The van der Waals surface area contributed by atoms with Crippen LogP contribution in [0.3, 0.4) is 0 Å². The van der Waals surface area contributed by atoms with Gasteiger partial charge in [0.15, 0.2) is 0 Å². The van der Waals surface area contributed by atoms with E-state index < -0.39 is 0 Å². The summed E-state index contributed by atoms with van der Waals surface area (Å²) in [6.07, 6.45) is 3.59. The molecule has 4 unspecified atom stereocenters. The van der Waals surface area contributed by atoms with Gasteiger partial charge >= 0.3 is 0 Å². The first kappa shape index (κ1) is 12.6. The molecule has 1 aliphatic carbocycles. The molecule has 20 heavy (non-hydrogen) atoms. The molecule has 0 amide bonds. The van der Waals surface area contributed by atoms with Gasteiger partial charge in [0.25, 0.3) is 0 Å². The predicted molar refractivity (Wildman–Crippen MR) is 83.7 cm³/mol. The van der Waals surface area contributed by atoms with E-state index in [9.17, 15) is 0 Å². The fourth-order valence-electron chi connectivity index (χ4n) is 3.88. The van der Waals surface area contributed by atoms with Gasteiger partial charge in [0.1, 0.15) is 0 Å². The molecule has 104 valence electrons. The molecule has 2 fully saturated rings. The van der Waals surface area contributed by atoms with Crippen LogP contribution in [0.15, 0.2) is 42.5 Å². The second-order valence-electron chi connectivity index (χ2n) is 5.97. The molecule has 1 saturated heterocycles. The van der Waals surface area contributed by atoms with Crippen molar-refractivity contribution in [2.24, 2.45) is 5.92 Å². The molecule has 0 radical (unpaired) electrons. The average Bonchev–Trinajstić information content (AvgIpc) is 2.92. The number of hydrazine groups is 1. The summed E-state index contributed by atoms with van der Waals surface area (Å²) < 4.78 is 0. The Morgan fingerprint density at radius 3 is 2.75 bits per heavy atom. The van der Waals surface area contributed by atoms with Crippen molar-refractivity contribution >= 4 is 22.4 Å². The van der Waals surface area contributed by atoms with Crippen molar-refractivity contribution in [3.8, 4) is 0 Å². The number of rotatable bonds is 1. The van der Waals surface area contributed by atoms with Crippen LogP contribution in [0.1, 0.15) is 30.9 Å². The number of hydrogen-bond acceptors (Lipinski definition) is 2. The van der Waals surface area contributed by atoms with E-state index in [-0.39, 0.29) is 5.38 Å². The summed E-state index contributed by atoms with van der Waals surface area (Å²) in [5, 5.41) is 2.90. The lowest BCUT2D eigenvalue weighted by Crippen LogP contribution is -2.37. The molecule has 3 heteroatoms. The van der Waals surface area contributed by atoms with Gasteiger partial charge in [-0.3, -0.25) is 5.43 Å². The summed E-state index contributed by atoms with van der Waals surface area (Å²) in [6.45, 7) is 0. The molecule has 0 aromatic heterocycles. The van der Waals surface area contributed by atoms with Gasteiger partial charge in [0, 0.05) is 17.3 Å². The fraction of sp³-hybridized carbons (Fsp3) is 0.412. The van der Waals surface area contributed by atoms with E-state index in [4.69, 9.17) is 11.6 Å². The summed E-state index contributed by atoms with van der Waals surface area (Å²) in [7, 11) is 0. The Labute approximate surface area is 124 Å². The van der Waals surface area contributed by atoms with Crippen molar-refractivity contribution in [1.29, 1.82) is 0 Å². The van der Waals surface area contributed by atoms with Crippen LogP contribution in [-0.4, -0.2) is 11.4 Å². The normalized spacial score (nSPS) is 33.2. The van der Waals surface area contributed by atoms with Crippen LogP contribution in [0.2, 0.25) is 0 Å². The Morgan fingerprint density at radius 2 is 1.80 bits per heavy atom. The SMILES string of the molecule is ClC1CCCC2NNC(c3cccc4ccccc34)C12. The van der Waals surface area contributed by atoms with Crippen molar-refractivity contribution in [3.63, 3.8) is 0 Å². The molecule has 2 N–H and O–H groups in total. The van der Waals surface area contributed by atoms with Gasteiger partial charge in [0.05, 0.1) is 6.04 Å². The molecule has 1 saturated carbocycles. The first-order valence-electron chi connectivity index (χ1n) is 7.47. The number of fused-ring (bicyclic) bond motifs is 2. The van der Waals surface area contributed by atoms with Crippen LogP contribution in [-0.2, 0) is 0 Å². The quantitative estimate of drug-likeness (QED) is 0.780.